The molecule has 2 amide bonds. The van der Waals surface area contributed by atoms with Gasteiger partial charge in [-0.15, -0.1) is 0 Å². The van der Waals surface area contributed by atoms with Gasteiger partial charge in [0.05, 0.1) is 37.8 Å². The number of nitrogens with one attached hydrogen (secondary N) is 2. The lowest BCUT2D eigenvalue weighted by atomic mass is 9.89. The van der Waals surface area contributed by atoms with Gasteiger partial charge in [0.2, 0.25) is 0 Å². The van der Waals surface area contributed by atoms with Crippen LogP contribution in [0.2, 0.25) is 0 Å². The fraction of sp³-hybridized carbons (Fsp3) is 0.350. The van der Waals surface area contributed by atoms with Crippen LogP contribution in [0, 0.1) is 18.6 Å². The fourth-order valence-corrected chi connectivity index (χ4v) is 4.23. The third-order valence-electron chi connectivity index (χ3n) is 5.46. The summed E-state index contributed by atoms with van der Waals surface area (Å²) < 4.78 is 27.1. The number of likely N-dealkylation sites (tertiary alicyclic amines) is 1. The van der Waals surface area contributed by atoms with Crippen molar-refractivity contribution in [1.82, 2.24) is 0 Å². The van der Waals surface area contributed by atoms with E-state index in [9.17, 15) is 13.6 Å². The van der Waals surface area contributed by atoms with Crippen LogP contribution in [0.15, 0.2) is 36.4 Å². The molecule has 2 aliphatic rings. The molecule has 0 spiro atoms. The summed E-state index contributed by atoms with van der Waals surface area (Å²) in [5.41, 5.74) is 3.23. The second kappa shape index (κ2) is 6.36. The molecule has 2 aromatic carbocycles. The second-order valence-corrected chi connectivity index (χ2v) is 7.36. The Kier molecular flexibility index (Phi) is 4.15. The Hall–Kier alpha value is -2.47. The van der Waals surface area contributed by atoms with E-state index in [1.165, 1.54) is 16.5 Å². The zero-order chi connectivity index (χ0) is 18.4. The van der Waals surface area contributed by atoms with E-state index < -0.39 is 11.6 Å². The number of urea groups is 1. The van der Waals surface area contributed by atoms with Gasteiger partial charge in [0.25, 0.3) is 0 Å². The standard InChI is InChI=1S/C20H21F2N3O/c1-12-3-6-18-14(9-12)15-11-24(2)8-7-19(15)25(18)20(26)23-17-5-4-13(21)10-16(17)22/h3-6,9-10,15,19H,7-8,11H2,1-2H3,(H,23,26)/p+1/t15-,19-/m0/s1. The average Bonchev–Trinajstić information content (AvgIpc) is 2.90. The molecule has 3 atom stereocenters. The number of carbonyl (C=O) groups excluding carboxylic acids is 1. The van der Waals surface area contributed by atoms with E-state index in [1.807, 2.05) is 19.1 Å². The van der Waals surface area contributed by atoms with E-state index in [1.54, 1.807) is 4.90 Å². The number of nitrogens with zero attached hydrogens (tertiary/aromatic N) is 1. The van der Waals surface area contributed by atoms with Gasteiger partial charge in [0, 0.05) is 18.2 Å². The van der Waals surface area contributed by atoms with Crippen molar-refractivity contribution in [3.8, 4) is 0 Å². The highest BCUT2D eigenvalue weighted by molar-refractivity contribution is 6.04. The van der Waals surface area contributed by atoms with E-state index in [0.717, 1.165) is 42.9 Å². The molecule has 2 aromatic rings. The van der Waals surface area contributed by atoms with Crippen LogP contribution in [0.25, 0.3) is 0 Å². The topological polar surface area (TPSA) is 36.8 Å². The monoisotopic (exact) mass is 358 g/mol. The molecule has 26 heavy (non-hydrogen) atoms. The van der Waals surface area contributed by atoms with Gasteiger partial charge < -0.3 is 10.2 Å². The summed E-state index contributed by atoms with van der Waals surface area (Å²) in [5, 5.41) is 2.62. The molecule has 4 nitrogen and oxygen atoms in total. The average molecular weight is 358 g/mol. The molecule has 136 valence electrons. The zero-order valence-electron chi connectivity index (χ0n) is 14.9. The van der Waals surface area contributed by atoms with Crippen molar-refractivity contribution < 1.29 is 18.5 Å². The van der Waals surface area contributed by atoms with Gasteiger partial charge in [0.15, 0.2) is 0 Å². The summed E-state index contributed by atoms with van der Waals surface area (Å²) in [6, 6.07) is 8.99. The first-order valence-corrected chi connectivity index (χ1v) is 8.91. The molecule has 1 unspecified atom stereocenters. The van der Waals surface area contributed by atoms with Gasteiger partial charge >= 0.3 is 6.03 Å². The number of benzene rings is 2. The number of fused-ring (bicyclic) bond motifs is 3. The number of hydrogen-bond donors (Lipinski definition) is 2. The smallest absolute Gasteiger partial charge is 0.326 e. The van der Waals surface area contributed by atoms with Crippen molar-refractivity contribution in [2.24, 2.45) is 0 Å². The number of amides is 2. The Labute approximate surface area is 151 Å². The molecule has 2 heterocycles. The van der Waals surface area contributed by atoms with Crippen molar-refractivity contribution in [2.45, 2.75) is 25.3 Å². The molecule has 6 heteroatoms. The van der Waals surface area contributed by atoms with Gasteiger partial charge in [-0.2, -0.15) is 0 Å². The van der Waals surface area contributed by atoms with E-state index in [0.29, 0.717) is 0 Å². The molecule has 0 aromatic heterocycles. The zero-order valence-corrected chi connectivity index (χ0v) is 14.9. The maximum atomic E-state index is 14.0. The first-order valence-electron chi connectivity index (χ1n) is 8.91. The number of halogens is 2. The van der Waals surface area contributed by atoms with Crippen molar-refractivity contribution >= 4 is 17.4 Å². The molecule has 2 aliphatic heterocycles. The lowest BCUT2D eigenvalue weighted by Crippen LogP contribution is -3.11. The highest BCUT2D eigenvalue weighted by atomic mass is 19.1. The van der Waals surface area contributed by atoms with Crippen LogP contribution in [0.4, 0.5) is 25.0 Å². The molecule has 2 N–H and O–H groups in total. The highest BCUT2D eigenvalue weighted by Crippen LogP contribution is 2.43. The lowest BCUT2D eigenvalue weighted by Gasteiger charge is -2.34. The first kappa shape index (κ1) is 17.0. The Bertz CT molecular complexity index is 870. The quantitative estimate of drug-likeness (QED) is 0.808. The molecule has 4 rings (SSSR count). The number of piperidine rings is 1. The third kappa shape index (κ3) is 2.84. The van der Waals surface area contributed by atoms with E-state index in [4.69, 9.17) is 0 Å². The number of hydrogen-bond acceptors (Lipinski definition) is 1. The number of rotatable bonds is 1. The molecule has 0 aliphatic carbocycles. The Balaban J connectivity index is 1.68. The maximum Gasteiger partial charge on any atom is 0.326 e. The van der Waals surface area contributed by atoms with Crippen LogP contribution >= 0.6 is 0 Å². The third-order valence-corrected chi connectivity index (χ3v) is 5.46. The number of likely N-dealkylation sites (N-methyl/N-ethyl adjacent to an activating group) is 1. The Morgan fingerprint density at radius 2 is 2.04 bits per heavy atom. The molecular formula is C20H22F2N3O+. The summed E-state index contributed by atoms with van der Waals surface area (Å²) in [7, 11) is 2.17. The molecule has 0 radical (unpaired) electrons. The number of anilines is 2. The lowest BCUT2D eigenvalue weighted by molar-refractivity contribution is -0.886. The van der Waals surface area contributed by atoms with Crippen LogP contribution in [0.1, 0.15) is 23.5 Å². The number of quaternary nitrogens is 1. The van der Waals surface area contributed by atoms with Crippen LogP contribution in [-0.2, 0) is 0 Å². The highest BCUT2D eigenvalue weighted by Gasteiger charge is 2.45. The largest absolute Gasteiger partial charge is 0.337 e. The predicted molar refractivity (Wildman–Crippen MR) is 96.8 cm³/mol. The summed E-state index contributed by atoms with van der Waals surface area (Å²) in [6.45, 7) is 4.00. The Morgan fingerprint density at radius 3 is 2.81 bits per heavy atom. The van der Waals surface area contributed by atoms with Crippen molar-refractivity contribution in [2.75, 3.05) is 30.4 Å². The summed E-state index contributed by atoms with van der Waals surface area (Å²) in [6.07, 6.45) is 0.892. The predicted octanol–water partition coefficient (Wildman–Crippen LogP) is 2.70. The summed E-state index contributed by atoms with van der Waals surface area (Å²) >= 11 is 0. The maximum absolute atomic E-state index is 14.0. The van der Waals surface area contributed by atoms with Gasteiger partial charge in [-0.1, -0.05) is 17.7 Å². The SMILES string of the molecule is Cc1ccc2c(c1)[C@@H]1C[NH+](C)CC[C@@H]1N2C(=O)Nc1ccc(F)cc1F. The minimum atomic E-state index is -0.772. The van der Waals surface area contributed by atoms with Crippen LogP contribution in [0.3, 0.4) is 0 Å². The van der Waals surface area contributed by atoms with Crippen LogP contribution in [0.5, 0.6) is 0 Å². The van der Waals surface area contributed by atoms with E-state index in [-0.39, 0.29) is 23.7 Å². The molecule has 0 bridgehead atoms. The Morgan fingerprint density at radius 1 is 1.23 bits per heavy atom. The van der Waals surface area contributed by atoms with Crippen LogP contribution < -0.4 is 15.1 Å². The second-order valence-electron chi connectivity index (χ2n) is 7.36. The first-order chi connectivity index (χ1) is 12.4. The van der Waals surface area contributed by atoms with Gasteiger partial charge in [0.1, 0.15) is 11.6 Å². The minimum Gasteiger partial charge on any atom is -0.337 e. The van der Waals surface area contributed by atoms with Gasteiger partial charge in [-0.05, 0) is 30.7 Å². The van der Waals surface area contributed by atoms with Crippen molar-refractivity contribution in [1.29, 1.82) is 0 Å². The summed E-state index contributed by atoms with van der Waals surface area (Å²) in [4.78, 5) is 16.2. The molecular weight excluding hydrogens is 336 g/mol. The van der Waals surface area contributed by atoms with E-state index >= 15 is 0 Å². The molecule has 1 fully saturated rings. The number of carbonyl (C=O) groups is 1. The van der Waals surface area contributed by atoms with Gasteiger partial charge in [-0.3, -0.25) is 4.90 Å². The van der Waals surface area contributed by atoms with Crippen LogP contribution in [-0.4, -0.2) is 32.2 Å². The summed E-state index contributed by atoms with van der Waals surface area (Å²) in [5.74, 6) is -1.16. The molecule has 0 saturated carbocycles. The van der Waals surface area contributed by atoms with Crippen molar-refractivity contribution in [3.63, 3.8) is 0 Å². The van der Waals surface area contributed by atoms with Gasteiger partial charge in [-0.25, -0.2) is 13.6 Å². The molecule has 1 saturated heterocycles. The minimum absolute atomic E-state index is 0.00735. The number of aryl methyl sites for hydroxylation is 1. The fourth-order valence-electron chi connectivity index (χ4n) is 4.23. The normalized spacial score (nSPS) is 24.2. The van der Waals surface area contributed by atoms with Crippen molar-refractivity contribution in [3.05, 3.63) is 59.2 Å². The van der Waals surface area contributed by atoms with E-state index in [2.05, 4.69) is 18.4 Å².